The van der Waals surface area contributed by atoms with Crippen molar-refractivity contribution in [2.24, 2.45) is 0 Å². The summed E-state index contributed by atoms with van der Waals surface area (Å²) in [5, 5.41) is 0. The van der Waals surface area contributed by atoms with Gasteiger partial charge >= 0.3 is 11.9 Å². The molecule has 0 aliphatic carbocycles. The van der Waals surface area contributed by atoms with Gasteiger partial charge in [0.2, 0.25) is 0 Å². The maximum Gasteiger partial charge on any atom is 0.337 e. The van der Waals surface area contributed by atoms with Gasteiger partial charge in [0.05, 0.1) is 12.7 Å². The lowest BCUT2D eigenvalue weighted by atomic mass is 10.2. The van der Waals surface area contributed by atoms with Crippen LogP contribution in [0, 0.1) is 0 Å². The number of allylic oxidation sites excluding steroid dienone is 3. The summed E-state index contributed by atoms with van der Waals surface area (Å²) in [5.41, 5.74) is 1.35. The first kappa shape index (κ1) is 13.4. The first-order valence-corrected chi connectivity index (χ1v) is 4.53. The molecule has 0 saturated heterocycles. The average molecular weight is 212 g/mol. The van der Waals surface area contributed by atoms with Crippen molar-refractivity contribution in [3.8, 4) is 0 Å². The number of carbonyl (C=O) groups excluding carboxylic acids is 2. The van der Waals surface area contributed by atoms with E-state index in [2.05, 4.69) is 4.74 Å². The third kappa shape index (κ3) is 6.49. The van der Waals surface area contributed by atoms with Crippen molar-refractivity contribution in [1.82, 2.24) is 0 Å². The Kier molecular flexibility index (Phi) is 6.09. The van der Waals surface area contributed by atoms with Gasteiger partial charge in [0, 0.05) is 6.92 Å². The van der Waals surface area contributed by atoms with E-state index in [1.165, 1.54) is 14.0 Å². The van der Waals surface area contributed by atoms with Gasteiger partial charge in [0.1, 0.15) is 6.61 Å². The molecule has 0 unspecified atom stereocenters. The molecule has 0 saturated carbocycles. The number of ether oxygens (including phenoxy) is 2. The van der Waals surface area contributed by atoms with Crippen molar-refractivity contribution >= 4 is 11.9 Å². The summed E-state index contributed by atoms with van der Waals surface area (Å²) in [6, 6.07) is 0. The van der Waals surface area contributed by atoms with E-state index in [1.807, 2.05) is 13.8 Å². The molecule has 0 bridgehead atoms. The summed E-state index contributed by atoms with van der Waals surface area (Å²) in [7, 11) is 1.28. The molecule has 0 aromatic heterocycles. The van der Waals surface area contributed by atoms with Gasteiger partial charge in [-0.3, -0.25) is 4.79 Å². The second-order valence-electron chi connectivity index (χ2n) is 3.21. The highest BCUT2D eigenvalue weighted by molar-refractivity contribution is 5.89. The Balaban J connectivity index is 4.58. The second kappa shape index (κ2) is 6.81. The van der Waals surface area contributed by atoms with Crippen LogP contribution in [0.25, 0.3) is 0 Å². The highest BCUT2D eigenvalue weighted by Gasteiger charge is 2.09. The Bertz CT molecular complexity index is 296. The monoisotopic (exact) mass is 212 g/mol. The molecular formula is C11H16O4. The molecule has 0 spiro atoms. The molecule has 4 heteroatoms. The van der Waals surface area contributed by atoms with E-state index in [-0.39, 0.29) is 6.61 Å². The number of carbonyl (C=O) groups is 2. The SMILES string of the molecule is COC(=O)/C(=C/C=C(C)C)COC(C)=O. The smallest absolute Gasteiger partial charge is 0.337 e. The maximum atomic E-state index is 11.2. The Labute approximate surface area is 89.6 Å². The molecule has 0 heterocycles. The van der Waals surface area contributed by atoms with Crippen molar-refractivity contribution in [1.29, 1.82) is 0 Å². The van der Waals surface area contributed by atoms with Crippen molar-refractivity contribution < 1.29 is 19.1 Å². The van der Waals surface area contributed by atoms with E-state index >= 15 is 0 Å². The van der Waals surface area contributed by atoms with Crippen LogP contribution in [-0.2, 0) is 19.1 Å². The van der Waals surface area contributed by atoms with E-state index in [4.69, 9.17) is 4.74 Å². The van der Waals surface area contributed by atoms with Gasteiger partial charge in [-0.05, 0) is 19.9 Å². The number of rotatable bonds is 4. The summed E-state index contributed by atoms with van der Waals surface area (Å²) < 4.78 is 9.27. The fraction of sp³-hybridized carbons (Fsp3) is 0.455. The quantitative estimate of drug-likeness (QED) is 0.403. The van der Waals surface area contributed by atoms with Crippen LogP contribution in [0.15, 0.2) is 23.3 Å². The first-order valence-electron chi connectivity index (χ1n) is 4.53. The molecule has 0 aromatic carbocycles. The highest BCUT2D eigenvalue weighted by atomic mass is 16.5. The van der Waals surface area contributed by atoms with Crippen LogP contribution in [0.2, 0.25) is 0 Å². The Morgan fingerprint density at radius 3 is 2.13 bits per heavy atom. The van der Waals surface area contributed by atoms with Gasteiger partial charge in [-0.1, -0.05) is 11.6 Å². The van der Waals surface area contributed by atoms with Crippen LogP contribution in [0.4, 0.5) is 0 Å². The fourth-order valence-corrected chi connectivity index (χ4v) is 0.753. The molecule has 0 aliphatic rings. The minimum atomic E-state index is -0.492. The standard InChI is InChI=1S/C11H16O4/c1-8(2)5-6-10(11(13)14-4)7-15-9(3)12/h5-6H,7H2,1-4H3/b10-6+. The van der Waals surface area contributed by atoms with Gasteiger partial charge in [-0.25, -0.2) is 4.79 Å². The topological polar surface area (TPSA) is 52.6 Å². The largest absolute Gasteiger partial charge is 0.466 e. The van der Waals surface area contributed by atoms with Gasteiger partial charge in [-0.15, -0.1) is 0 Å². The van der Waals surface area contributed by atoms with Crippen molar-refractivity contribution in [3.63, 3.8) is 0 Å². The van der Waals surface area contributed by atoms with Crippen LogP contribution in [-0.4, -0.2) is 25.7 Å². The number of esters is 2. The Hall–Kier alpha value is -1.58. The lowest BCUT2D eigenvalue weighted by molar-refractivity contribution is -0.142. The third-order valence-corrected chi connectivity index (χ3v) is 1.50. The molecular weight excluding hydrogens is 196 g/mol. The van der Waals surface area contributed by atoms with Crippen LogP contribution in [0.1, 0.15) is 20.8 Å². The first-order chi connectivity index (χ1) is 6.97. The maximum absolute atomic E-state index is 11.2. The van der Waals surface area contributed by atoms with Crippen LogP contribution in [0.5, 0.6) is 0 Å². The zero-order valence-corrected chi connectivity index (χ0v) is 9.49. The molecule has 0 atom stereocenters. The summed E-state index contributed by atoms with van der Waals surface area (Å²) in [5.74, 6) is -0.921. The molecule has 15 heavy (non-hydrogen) atoms. The van der Waals surface area contributed by atoms with Gasteiger partial charge in [0.25, 0.3) is 0 Å². The lowest BCUT2D eigenvalue weighted by Gasteiger charge is -2.04. The number of hydrogen-bond acceptors (Lipinski definition) is 4. The molecule has 0 N–H and O–H groups in total. The van der Waals surface area contributed by atoms with E-state index in [9.17, 15) is 9.59 Å². The zero-order valence-electron chi connectivity index (χ0n) is 9.49. The molecule has 0 rings (SSSR count). The summed E-state index contributed by atoms with van der Waals surface area (Å²) in [4.78, 5) is 21.8. The van der Waals surface area contributed by atoms with Gasteiger partial charge < -0.3 is 9.47 Å². The number of methoxy groups -OCH3 is 1. The molecule has 0 radical (unpaired) electrons. The summed E-state index contributed by atoms with van der Waals surface area (Å²) in [6.07, 6.45) is 3.35. The number of hydrogen-bond donors (Lipinski definition) is 0. The molecule has 4 nitrogen and oxygen atoms in total. The van der Waals surface area contributed by atoms with Crippen molar-refractivity contribution in [3.05, 3.63) is 23.3 Å². The average Bonchev–Trinajstić information content (AvgIpc) is 2.16. The van der Waals surface area contributed by atoms with E-state index < -0.39 is 11.9 Å². The minimum Gasteiger partial charge on any atom is -0.466 e. The lowest BCUT2D eigenvalue weighted by Crippen LogP contribution is -2.12. The predicted octanol–water partition coefficient (Wildman–Crippen LogP) is 1.62. The van der Waals surface area contributed by atoms with Gasteiger partial charge in [-0.2, -0.15) is 0 Å². The summed E-state index contributed by atoms with van der Waals surface area (Å²) >= 11 is 0. The van der Waals surface area contributed by atoms with Gasteiger partial charge in [0.15, 0.2) is 0 Å². The van der Waals surface area contributed by atoms with Crippen molar-refractivity contribution in [2.75, 3.05) is 13.7 Å². The van der Waals surface area contributed by atoms with E-state index in [1.54, 1.807) is 12.2 Å². The molecule has 0 fully saturated rings. The van der Waals surface area contributed by atoms with Crippen LogP contribution in [0.3, 0.4) is 0 Å². The molecule has 0 amide bonds. The second-order valence-corrected chi connectivity index (χ2v) is 3.21. The Morgan fingerprint density at radius 2 is 1.73 bits per heavy atom. The van der Waals surface area contributed by atoms with Crippen LogP contribution >= 0.6 is 0 Å². The zero-order chi connectivity index (χ0) is 11.8. The van der Waals surface area contributed by atoms with Crippen molar-refractivity contribution in [2.45, 2.75) is 20.8 Å². The third-order valence-electron chi connectivity index (χ3n) is 1.50. The molecule has 0 aliphatic heterocycles. The Morgan fingerprint density at radius 1 is 1.13 bits per heavy atom. The molecule has 84 valence electrons. The highest BCUT2D eigenvalue weighted by Crippen LogP contribution is 2.01. The normalized spacial score (nSPS) is 10.5. The fourth-order valence-electron chi connectivity index (χ4n) is 0.753. The molecule has 0 aromatic rings. The predicted molar refractivity (Wildman–Crippen MR) is 56.2 cm³/mol. The van der Waals surface area contributed by atoms with E-state index in [0.717, 1.165) is 5.57 Å². The van der Waals surface area contributed by atoms with Crippen LogP contribution < -0.4 is 0 Å². The summed E-state index contributed by atoms with van der Waals surface area (Å²) in [6.45, 7) is 5.02. The van der Waals surface area contributed by atoms with E-state index in [0.29, 0.717) is 5.57 Å². The minimum absolute atomic E-state index is 0.0637.